The molecule has 2 rings (SSSR count). The third kappa shape index (κ3) is 3.97. The summed E-state index contributed by atoms with van der Waals surface area (Å²) in [6.07, 6.45) is 0. The lowest BCUT2D eigenvalue weighted by Gasteiger charge is -2.22. The van der Waals surface area contributed by atoms with Gasteiger partial charge in [-0.15, -0.1) is 11.3 Å². The summed E-state index contributed by atoms with van der Waals surface area (Å²) in [5, 5.41) is 13.9. The van der Waals surface area contributed by atoms with Gasteiger partial charge in [0.1, 0.15) is 0 Å². The summed E-state index contributed by atoms with van der Waals surface area (Å²) in [6, 6.07) is 8.51. The zero-order valence-corrected chi connectivity index (χ0v) is 14.1. The summed E-state index contributed by atoms with van der Waals surface area (Å²) >= 11 is 1.51. The summed E-state index contributed by atoms with van der Waals surface area (Å²) in [5.41, 5.74) is 0.557. The highest BCUT2D eigenvalue weighted by molar-refractivity contribution is 7.10. The molecular weight excluding hydrogens is 314 g/mol. The highest BCUT2D eigenvalue weighted by atomic mass is 32.1. The molecule has 0 fully saturated rings. The van der Waals surface area contributed by atoms with Gasteiger partial charge in [0, 0.05) is 17.7 Å². The smallest absolute Gasteiger partial charge is 0.335 e. The van der Waals surface area contributed by atoms with Crippen molar-refractivity contribution in [3.63, 3.8) is 0 Å². The fraction of sp³-hybridized carbons (Fsp3) is 0.294. The zero-order chi connectivity index (χ0) is 17.0. The number of nitrogens with one attached hydrogen (secondary N) is 1. The molecular formula is C17H19NO4S. The van der Waals surface area contributed by atoms with Crippen molar-refractivity contribution in [2.75, 3.05) is 12.4 Å². The lowest BCUT2D eigenvalue weighted by atomic mass is 9.90. The minimum absolute atomic E-state index is 0.115. The molecule has 2 aromatic rings. The molecule has 0 aliphatic heterocycles. The van der Waals surface area contributed by atoms with E-state index in [1.54, 1.807) is 6.07 Å². The maximum Gasteiger partial charge on any atom is 0.335 e. The molecule has 6 heteroatoms. The lowest BCUT2D eigenvalue weighted by Crippen LogP contribution is -2.34. The lowest BCUT2D eigenvalue weighted by molar-refractivity contribution is -0.120. The first kappa shape index (κ1) is 17.2. The van der Waals surface area contributed by atoms with Crippen LogP contribution in [0.15, 0.2) is 35.7 Å². The molecule has 1 amide bonds. The van der Waals surface area contributed by atoms with Crippen molar-refractivity contribution in [3.8, 4) is 0 Å². The van der Waals surface area contributed by atoms with Crippen LogP contribution in [-0.4, -0.2) is 24.1 Å². The number of anilines is 1. The van der Waals surface area contributed by atoms with Crippen molar-refractivity contribution in [1.82, 2.24) is 0 Å². The van der Waals surface area contributed by atoms with Crippen molar-refractivity contribution < 1.29 is 19.4 Å². The highest BCUT2D eigenvalue weighted by Gasteiger charge is 2.31. The fourth-order valence-corrected chi connectivity index (χ4v) is 3.02. The van der Waals surface area contributed by atoms with E-state index >= 15 is 0 Å². The van der Waals surface area contributed by atoms with Crippen LogP contribution >= 0.6 is 11.3 Å². The molecule has 1 aromatic heterocycles. The van der Waals surface area contributed by atoms with Crippen LogP contribution in [-0.2, 0) is 21.6 Å². The first-order valence-electron chi connectivity index (χ1n) is 7.06. The number of rotatable bonds is 6. The van der Waals surface area contributed by atoms with Gasteiger partial charge in [0.25, 0.3) is 0 Å². The Balaban J connectivity index is 2.28. The summed E-state index contributed by atoms with van der Waals surface area (Å²) < 4.78 is 5.04. The highest BCUT2D eigenvalue weighted by Crippen LogP contribution is 2.29. The van der Waals surface area contributed by atoms with Crippen molar-refractivity contribution >= 4 is 28.9 Å². The number of benzene rings is 1. The molecule has 0 spiro atoms. The minimum Gasteiger partial charge on any atom is -0.478 e. The number of ether oxygens (including phenoxy) is 1. The van der Waals surface area contributed by atoms with Crippen LogP contribution in [0.1, 0.15) is 34.6 Å². The maximum absolute atomic E-state index is 12.6. The predicted octanol–water partition coefficient (Wildman–Crippen LogP) is 3.51. The van der Waals surface area contributed by atoms with E-state index in [0.29, 0.717) is 11.3 Å². The van der Waals surface area contributed by atoms with Crippen LogP contribution in [0, 0.1) is 0 Å². The van der Waals surface area contributed by atoms with Crippen molar-refractivity contribution in [2.45, 2.75) is 25.9 Å². The Kier molecular flexibility index (Phi) is 5.18. The van der Waals surface area contributed by atoms with Gasteiger partial charge in [0.2, 0.25) is 5.91 Å². The standard InChI is InChI=1S/C17H19NO4S/c1-17(2,14-5-4-6-23-14)16(21)18-13-8-11(10-22-3)7-12(9-13)15(19)20/h4-9H,10H2,1-3H3,(H,18,21)(H,19,20). The Labute approximate surface area is 138 Å². The van der Waals surface area contributed by atoms with Crippen molar-refractivity contribution in [3.05, 3.63) is 51.7 Å². The molecule has 0 unspecified atom stereocenters. The van der Waals surface area contributed by atoms with Crippen molar-refractivity contribution in [1.29, 1.82) is 0 Å². The van der Waals surface area contributed by atoms with Crippen LogP contribution < -0.4 is 5.32 Å². The second kappa shape index (κ2) is 6.93. The second-order valence-corrected chi connectivity index (χ2v) is 6.66. The van der Waals surface area contributed by atoms with E-state index in [2.05, 4.69) is 5.32 Å². The minimum atomic E-state index is -1.05. The Morgan fingerprint density at radius 1 is 1.30 bits per heavy atom. The molecule has 0 saturated carbocycles. The van der Waals surface area contributed by atoms with E-state index in [1.807, 2.05) is 31.4 Å². The largest absolute Gasteiger partial charge is 0.478 e. The molecule has 0 radical (unpaired) electrons. The van der Waals surface area contributed by atoms with E-state index in [0.717, 1.165) is 4.88 Å². The first-order chi connectivity index (χ1) is 10.8. The number of carbonyl (C=O) groups is 2. The van der Waals surface area contributed by atoms with E-state index < -0.39 is 11.4 Å². The van der Waals surface area contributed by atoms with Gasteiger partial charge >= 0.3 is 5.97 Å². The van der Waals surface area contributed by atoms with Crippen LogP contribution in [0.5, 0.6) is 0 Å². The average Bonchev–Trinajstić information content (AvgIpc) is 3.02. The molecule has 1 aromatic carbocycles. The Hall–Kier alpha value is -2.18. The van der Waals surface area contributed by atoms with E-state index in [4.69, 9.17) is 4.74 Å². The van der Waals surface area contributed by atoms with Crippen molar-refractivity contribution in [2.24, 2.45) is 0 Å². The number of carboxylic acids is 1. The van der Waals surface area contributed by atoms with Crippen LogP contribution in [0.2, 0.25) is 0 Å². The molecule has 0 aliphatic rings. The number of methoxy groups -OCH3 is 1. The Morgan fingerprint density at radius 2 is 2.04 bits per heavy atom. The number of hydrogen-bond acceptors (Lipinski definition) is 4. The number of amides is 1. The van der Waals surface area contributed by atoms with Gasteiger partial charge in [-0.05, 0) is 49.1 Å². The average molecular weight is 333 g/mol. The summed E-state index contributed by atoms with van der Waals surface area (Å²) in [7, 11) is 1.53. The Bertz CT molecular complexity index is 707. The predicted molar refractivity (Wildman–Crippen MR) is 90.1 cm³/mol. The zero-order valence-electron chi connectivity index (χ0n) is 13.3. The summed E-state index contributed by atoms with van der Waals surface area (Å²) in [4.78, 5) is 24.8. The molecule has 23 heavy (non-hydrogen) atoms. The quantitative estimate of drug-likeness (QED) is 0.848. The second-order valence-electron chi connectivity index (χ2n) is 5.71. The van der Waals surface area contributed by atoms with E-state index in [-0.39, 0.29) is 18.1 Å². The molecule has 1 heterocycles. The summed E-state index contributed by atoms with van der Waals surface area (Å²) in [6.45, 7) is 3.95. The van der Waals surface area contributed by atoms with Gasteiger partial charge in [-0.2, -0.15) is 0 Å². The molecule has 0 aliphatic carbocycles. The van der Waals surface area contributed by atoms with Gasteiger partial charge in [-0.3, -0.25) is 4.79 Å². The van der Waals surface area contributed by atoms with Gasteiger partial charge < -0.3 is 15.2 Å². The SMILES string of the molecule is COCc1cc(NC(=O)C(C)(C)c2cccs2)cc(C(=O)O)c1. The third-order valence-electron chi connectivity index (χ3n) is 3.51. The monoisotopic (exact) mass is 333 g/mol. The van der Waals surface area contributed by atoms with Gasteiger partial charge in [-0.25, -0.2) is 4.79 Å². The Morgan fingerprint density at radius 3 is 2.61 bits per heavy atom. The molecule has 2 N–H and O–H groups in total. The molecule has 122 valence electrons. The number of hydrogen-bond donors (Lipinski definition) is 2. The number of carboxylic acid groups (broad SMARTS) is 1. The number of carbonyl (C=O) groups excluding carboxylic acids is 1. The number of thiophene rings is 1. The van der Waals surface area contributed by atoms with E-state index in [1.165, 1.54) is 30.6 Å². The van der Waals surface area contributed by atoms with Gasteiger partial charge in [-0.1, -0.05) is 6.07 Å². The summed E-state index contributed by atoms with van der Waals surface area (Å²) in [5.74, 6) is -1.23. The third-order valence-corrected chi connectivity index (χ3v) is 4.71. The fourth-order valence-electron chi connectivity index (χ4n) is 2.17. The first-order valence-corrected chi connectivity index (χ1v) is 7.94. The van der Waals surface area contributed by atoms with Crippen LogP contribution in [0.3, 0.4) is 0 Å². The van der Waals surface area contributed by atoms with E-state index in [9.17, 15) is 14.7 Å². The maximum atomic E-state index is 12.6. The normalized spacial score (nSPS) is 11.3. The van der Waals surface area contributed by atoms with Crippen LogP contribution in [0.25, 0.3) is 0 Å². The molecule has 0 bridgehead atoms. The van der Waals surface area contributed by atoms with Crippen LogP contribution in [0.4, 0.5) is 5.69 Å². The topological polar surface area (TPSA) is 75.6 Å². The van der Waals surface area contributed by atoms with Gasteiger partial charge in [0.15, 0.2) is 0 Å². The van der Waals surface area contributed by atoms with Gasteiger partial charge in [0.05, 0.1) is 17.6 Å². The number of aromatic carboxylic acids is 1. The molecule has 0 atom stereocenters. The molecule has 5 nitrogen and oxygen atoms in total. The molecule has 0 saturated heterocycles.